The molecule has 0 radical (unpaired) electrons. The van der Waals surface area contributed by atoms with Crippen molar-refractivity contribution < 1.29 is 14.3 Å². The fourth-order valence-electron chi connectivity index (χ4n) is 2.54. The minimum Gasteiger partial charge on any atom is -0.391 e. The van der Waals surface area contributed by atoms with E-state index in [1.54, 1.807) is 0 Å². The SMILES string of the molecule is CN1CCC(C(N)=S)(N2C(=O)COCC2=O)CC1. The third-order valence-electron chi connectivity index (χ3n) is 3.65. The van der Waals surface area contributed by atoms with Crippen LogP contribution < -0.4 is 5.73 Å². The predicted octanol–water partition coefficient (Wildman–Crippen LogP) is -0.878. The molecule has 2 aliphatic rings. The number of rotatable bonds is 2. The lowest BCUT2D eigenvalue weighted by Crippen LogP contribution is -2.67. The summed E-state index contributed by atoms with van der Waals surface area (Å²) < 4.78 is 4.93. The van der Waals surface area contributed by atoms with E-state index in [1.807, 2.05) is 7.05 Å². The van der Waals surface area contributed by atoms with E-state index >= 15 is 0 Å². The van der Waals surface area contributed by atoms with Gasteiger partial charge in [0, 0.05) is 13.1 Å². The van der Waals surface area contributed by atoms with Crippen molar-refractivity contribution in [3.05, 3.63) is 0 Å². The monoisotopic (exact) mass is 271 g/mol. The third-order valence-corrected chi connectivity index (χ3v) is 4.03. The highest BCUT2D eigenvalue weighted by Gasteiger charge is 2.48. The maximum atomic E-state index is 11.9. The number of amides is 2. The van der Waals surface area contributed by atoms with E-state index in [9.17, 15) is 9.59 Å². The fraction of sp³-hybridized carbons (Fsp3) is 0.727. The van der Waals surface area contributed by atoms with E-state index in [0.717, 1.165) is 13.1 Å². The first-order valence-electron chi connectivity index (χ1n) is 5.89. The molecule has 2 N–H and O–H groups in total. The Morgan fingerprint density at radius 2 is 1.78 bits per heavy atom. The largest absolute Gasteiger partial charge is 0.391 e. The molecule has 0 unspecified atom stereocenters. The first-order valence-corrected chi connectivity index (χ1v) is 6.30. The number of thiocarbonyl (C=S) groups is 1. The highest BCUT2D eigenvalue weighted by Crippen LogP contribution is 2.30. The number of ether oxygens (including phenoxy) is 1. The summed E-state index contributed by atoms with van der Waals surface area (Å²) >= 11 is 5.13. The molecule has 18 heavy (non-hydrogen) atoms. The fourth-order valence-corrected chi connectivity index (χ4v) is 2.84. The Kier molecular flexibility index (Phi) is 3.65. The van der Waals surface area contributed by atoms with Crippen molar-refractivity contribution in [3.8, 4) is 0 Å². The van der Waals surface area contributed by atoms with Crippen LogP contribution in [0.5, 0.6) is 0 Å². The van der Waals surface area contributed by atoms with Crippen molar-refractivity contribution in [3.63, 3.8) is 0 Å². The van der Waals surface area contributed by atoms with Crippen LogP contribution in [0.4, 0.5) is 0 Å². The van der Waals surface area contributed by atoms with Crippen LogP contribution in [-0.2, 0) is 14.3 Å². The first-order chi connectivity index (χ1) is 8.47. The minimum atomic E-state index is -0.806. The van der Waals surface area contributed by atoms with Gasteiger partial charge in [0.2, 0.25) is 0 Å². The maximum Gasteiger partial charge on any atom is 0.256 e. The van der Waals surface area contributed by atoms with Crippen LogP contribution in [0.15, 0.2) is 0 Å². The molecule has 0 aromatic carbocycles. The summed E-state index contributed by atoms with van der Waals surface area (Å²) in [4.78, 5) is 27.5. The topological polar surface area (TPSA) is 75.9 Å². The van der Waals surface area contributed by atoms with Gasteiger partial charge in [-0.05, 0) is 19.9 Å². The molecule has 100 valence electrons. The van der Waals surface area contributed by atoms with Gasteiger partial charge in [-0.15, -0.1) is 0 Å². The second kappa shape index (κ2) is 4.91. The Hall–Kier alpha value is -1.05. The Morgan fingerprint density at radius 1 is 1.28 bits per heavy atom. The Balaban J connectivity index is 2.32. The smallest absolute Gasteiger partial charge is 0.256 e. The number of hydrogen-bond donors (Lipinski definition) is 1. The molecule has 2 amide bonds. The van der Waals surface area contributed by atoms with Crippen molar-refractivity contribution in [2.45, 2.75) is 18.4 Å². The summed E-state index contributed by atoms with van der Waals surface area (Å²) in [6.07, 6.45) is 1.19. The quantitative estimate of drug-likeness (QED) is 0.519. The van der Waals surface area contributed by atoms with Gasteiger partial charge in [-0.25, -0.2) is 0 Å². The van der Waals surface area contributed by atoms with Crippen LogP contribution >= 0.6 is 12.2 Å². The lowest BCUT2D eigenvalue weighted by atomic mass is 9.85. The number of piperidine rings is 1. The third kappa shape index (κ3) is 2.13. The van der Waals surface area contributed by atoms with Crippen LogP contribution in [0, 0.1) is 0 Å². The molecule has 0 aromatic heterocycles. The first kappa shape index (κ1) is 13.4. The number of nitrogens with two attached hydrogens (primary N) is 1. The number of morpholine rings is 1. The maximum absolute atomic E-state index is 11.9. The van der Waals surface area contributed by atoms with Gasteiger partial charge < -0.3 is 15.4 Å². The van der Waals surface area contributed by atoms with E-state index < -0.39 is 5.54 Å². The van der Waals surface area contributed by atoms with E-state index in [1.165, 1.54) is 4.90 Å². The van der Waals surface area contributed by atoms with Crippen LogP contribution in [0.2, 0.25) is 0 Å². The number of hydrogen-bond acceptors (Lipinski definition) is 5. The molecule has 6 nitrogen and oxygen atoms in total. The summed E-state index contributed by atoms with van der Waals surface area (Å²) in [6.45, 7) is 1.36. The van der Waals surface area contributed by atoms with Crippen molar-refractivity contribution >= 4 is 29.0 Å². The molecule has 2 fully saturated rings. The minimum absolute atomic E-state index is 0.0774. The molecular weight excluding hydrogens is 254 g/mol. The number of imide groups is 1. The molecule has 7 heteroatoms. The number of carbonyl (C=O) groups is 2. The summed E-state index contributed by atoms with van der Waals surface area (Å²) in [5.74, 6) is -0.688. The van der Waals surface area contributed by atoms with E-state index in [2.05, 4.69) is 4.90 Å². The standard InChI is InChI=1S/C11H17N3O3S/c1-13-4-2-11(3-5-13,10(12)18)14-8(15)6-17-7-9(14)16/h2-7H2,1H3,(H2,12,18). The highest BCUT2D eigenvalue weighted by molar-refractivity contribution is 7.80. The zero-order chi connectivity index (χ0) is 13.3. The number of likely N-dealkylation sites (tertiary alicyclic amines) is 1. The van der Waals surface area contributed by atoms with Gasteiger partial charge in [0.25, 0.3) is 11.8 Å². The molecule has 2 rings (SSSR count). The predicted molar refractivity (Wildman–Crippen MR) is 68.9 cm³/mol. The highest BCUT2D eigenvalue weighted by atomic mass is 32.1. The molecular formula is C11H17N3O3S. The van der Waals surface area contributed by atoms with E-state index in [-0.39, 0.29) is 30.0 Å². The van der Waals surface area contributed by atoms with Gasteiger partial charge in [-0.3, -0.25) is 14.5 Å². The molecule has 0 atom stereocenters. The molecule has 0 bridgehead atoms. The summed E-state index contributed by atoms with van der Waals surface area (Å²) in [5.41, 5.74) is 5.02. The second-order valence-electron chi connectivity index (χ2n) is 4.81. The summed E-state index contributed by atoms with van der Waals surface area (Å²) in [6, 6.07) is 0. The second-order valence-corrected chi connectivity index (χ2v) is 5.25. The molecule has 0 aliphatic carbocycles. The normalized spacial score (nSPS) is 25.3. The van der Waals surface area contributed by atoms with Crippen LogP contribution in [0.25, 0.3) is 0 Å². The van der Waals surface area contributed by atoms with E-state index in [0.29, 0.717) is 12.8 Å². The van der Waals surface area contributed by atoms with E-state index in [4.69, 9.17) is 22.7 Å². The molecule has 2 aliphatic heterocycles. The Labute approximate surface area is 111 Å². The zero-order valence-corrected chi connectivity index (χ0v) is 11.2. The van der Waals surface area contributed by atoms with Crippen LogP contribution in [0.1, 0.15) is 12.8 Å². The molecule has 2 saturated heterocycles. The van der Waals surface area contributed by atoms with Gasteiger partial charge in [0.15, 0.2) is 0 Å². The zero-order valence-electron chi connectivity index (χ0n) is 10.3. The molecule has 2 heterocycles. The van der Waals surface area contributed by atoms with Gasteiger partial charge in [0.1, 0.15) is 18.8 Å². The average molecular weight is 271 g/mol. The Bertz CT molecular complexity index is 375. The molecule has 0 spiro atoms. The Morgan fingerprint density at radius 3 is 2.22 bits per heavy atom. The molecule has 0 aromatic rings. The lowest BCUT2D eigenvalue weighted by molar-refractivity contribution is -0.165. The van der Waals surface area contributed by atoms with Crippen molar-refractivity contribution in [1.29, 1.82) is 0 Å². The van der Waals surface area contributed by atoms with Gasteiger partial charge in [0.05, 0.1) is 4.99 Å². The van der Waals surface area contributed by atoms with Crippen LogP contribution in [0.3, 0.4) is 0 Å². The van der Waals surface area contributed by atoms with Crippen LogP contribution in [-0.4, -0.2) is 65.5 Å². The average Bonchev–Trinajstić information content (AvgIpc) is 2.31. The van der Waals surface area contributed by atoms with Crippen molar-refractivity contribution in [1.82, 2.24) is 9.80 Å². The summed E-state index contributed by atoms with van der Waals surface area (Å²) in [5, 5.41) is 0. The lowest BCUT2D eigenvalue weighted by Gasteiger charge is -2.47. The number of nitrogens with zero attached hydrogens (tertiary/aromatic N) is 2. The van der Waals surface area contributed by atoms with Gasteiger partial charge in [-0.2, -0.15) is 0 Å². The van der Waals surface area contributed by atoms with Crippen molar-refractivity contribution in [2.24, 2.45) is 5.73 Å². The number of carbonyl (C=O) groups excluding carboxylic acids is 2. The van der Waals surface area contributed by atoms with Gasteiger partial charge >= 0.3 is 0 Å². The van der Waals surface area contributed by atoms with Gasteiger partial charge in [-0.1, -0.05) is 12.2 Å². The molecule has 0 saturated carbocycles. The van der Waals surface area contributed by atoms with Crippen molar-refractivity contribution in [2.75, 3.05) is 33.4 Å². The summed E-state index contributed by atoms with van der Waals surface area (Å²) in [7, 11) is 1.99.